The lowest BCUT2D eigenvalue weighted by atomic mass is 9.51. The van der Waals surface area contributed by atoms with E-state index < -0.39 is 0 Å². The predicted octanol–water partition coefficient (Wildman–Crippen LogP) is 2.52. The number of hydrogen-bond acceptors (Lipinski definition) is 3. The Balaban J connectivity index is 1.64. The molecule has 0 aliphatic heterocycles. The molecule has 104 valence electrons. The van der Waals surface area contributed by atoms with Crippen LogP contribution in [-0.4, -0.2) is 38.5 Å². The Hall–Kier alpha value is -0.380. The van der Waals surface area contributed by atoms with Crippen molar-refractivity contribution < 1.29 is 9.47 Å². The molecule has 1 N–H and O–H groups in total. The first-order valence-corrected chi connectivity index (χ1v) is 7.26. The number of ether oxygens (including phenoxy) is 2. The lowest BCUT2D eigenvalue weighted by molar-refractivity contribution is -0.173. The van der Waals surface area contributed by atoms with E-state index in [4.69, 9.17) is 9.47 Å². The fourth-order valence-electron chi connectivity index (χ4n) is 3.28. The van der Waals surface area contributed by atoms with Crippen LogP contribution in [0.1, 0.15) is 39.5 Å². The minimum atomic E-state index is 0.463. The summed E-state index contributed by atoms with van der Waals surface area (Å²) in [5.74, 6) is 0. The van der Waals surface area contributed by atoms with Gasteiger partial charge in [-0.2, -0.15) is 0 Å². The Bertz CT molecular complexity index is 286. The van der Waals surface area contributed by atoms with Crippen molar-refractivity contribution >= 4 is 0 Å². The molecule has 0 bridgehead atoms. The van der Waals surface area contributed by atoms with Crippen LogP contribution in [0.3, 0.4) is 0 Å². The Morgan fingerprint density at radius 1 is 1.44 bits per heavy atom. The number of nitrogens with one attached hydrogen (secondary N) is 1. The van der Waals surface area contributed by atoms with Crippen molar-refractivity contribution in [2.24, 2.45) is 5.41 Å². The molecule has 0 amide bonds. The monoisotopic (exact) mass is 253 g/mol. The van der Waals surface area contributed by atoms with Gasteiger partial charge in [0.15, 0.2) is 0 Å². The lowest BCUT2D eigenvalue weighted by Crippen LogP contribution is -2.67. The molecule has 0 aromatic heterocycles. The summed E-state index contributed by atoms with van der Waals surface area (Å²) in [6.45, 7) is 11.2. The molecule has 2 atom stereocenters. The molecule has 2 aliphatic carbocycles. The summed E-state index contributed by atoms with van der Waals surface area (Å²) < 4.78 is 11.4. The van der Waals surface area contributed by atoms with E-state index in [2.05, 4.69) is 18.8 Å². The van der Waals surface area contributed by atoms with Gasteiger partial charge in [0.2, 0.25) is 0 Å². The third-order valence-corrected chi connectivity index (χ3v) is 4.42. The molecule has 3 heteroatoms. The molecule has 2 fully saturated rings. The number of rotatable bonds is 8. The van der Waals surface area contributed by atoms with E-state index in [1.807, 2.05) is 6.92 Å². The van der Waals surface area contributed by atoms with Crippen LogP contribution in [-0.2, 0) is 9.47 Å². The smallest absolute Gasteiger partial charge is 0.0672 e. The maximum absolute atomic E-state index is 5.84. The Labute approximate surface area is 111 Å². The van der Waals surface area contributed by atoms with Crippen LogP contribution < -0.4 is 5.32 Å². The maximum atomic E-state index is 5.84. The fraction of sp³-hybridized carbons (Fsp3) is 0.867. The second kappa shape index (κ2) is 6.18. The van der Waals surface area contributed by atoms with Crippen LogP contribution in [0.2, 0.25) is 0 Å². The zero-order valence-electron chi connectivity index (χ0n) is 11.8. The average molecular weight is 253 g/mol. The van der Waals surface area contributed by atoms with E-state index in [0.717, 1.165) is 25.3 Å². The molecule has 0 heterocycles. The van der Waals surface area contributed by atoms with Gasteiger partial charge in [0.1, 0.15) is 0 Å². The van der Waals surface area contributed by atoms with Gasteiger partial charge in [-0.15, -0.1) is 0 Å². The molecule has 0 saturated heterocycles. The zero-order valence-corrected chi connectivity index (χ0v) is 11.8. The molecule has 0 radical (unpaired) electrons. The molecule has 0 aromatic carbocycles. The third-order valence-electron chi connectivity index (χ3n) is 4.42. The maximum Gasteiger partial charge on any atom is 0.0672 e. The highest BCUT2D eigenvalue weighted by molar-refractivity contribution is 5.12. The highest BCUT2D eigenvalue weighted by Gasteiger charge is 2.58. The van der Waals surface area contributed by atoms with Crippen molar-refractivity contribution in [1.82, 2.24) is 5.32 Å². The SMILES string of the molecule is C=C(C)COCCNC1CC(OCC)C12CCC2. The van der Waals surface area contributed by atoms with Gasteiger partial charge in [0, 0.05) is 24.6 Å². The van der Waals surface area contributed by atoms with Crippen LogP contribution in [0.5, 0.6) is 0 Å². The summed E-state index contributed by atoms with van der Waals surface area (Å²) in [7, 11) is 0. The molecular formula is C15H27NO2. The molecule has 18 heavy (non-hydrogen) atoms. The van der Waals surface area contributed by atoms with Gasteiger partial charge in [-0.25, -0.2) is 0 Å². The van der Waals surface area contributed by atoms with Crippen molar-refractivity contribution in [3.8, 4) is 0 Å². The minimum absolute atomic E-state index is 0.463. The molecule has 2 aliphatic rings. The quantitative estimate of drug-likeness (QED) is 0.532. The van der Waals surface area contributed by atoms with Gasteiger partial charge in [0.25, 0.3) is 0 Å². The molecule has 3 nitrogen and oxygen atoms in total. The molecule has 2 saturated carbocycles. The van der Waals surface area contributed by atoms with Crippen molar-refractivity contribution in [2.75, 3.05) is 26.4 Å². The lowest BCUT2D eigenvalue weighted by Gasteiger charge is -2.61. The molecule has 2 unspecified atom stereocenters. The summed E-state index contributed by atoms with van der Waals surface area (Å²) >= 11 is 0. The van der Waals surface area contributed by atoms with Gasteiger partial charge in [-0.3, -0.25) is 0 Å². The van der Waals surface area contributed by atoms with Crippen LogP contribution in [0.25, 0.3) is 0 Å². The second-order valence-corrected chi connectivity index (χ2v) is 5.78. The van der Waals surface area contributed by atoms with E-state index >= 15 is 0 Å². The largest absolute Gasteiger partial charge is 0.378 e. The van der Waals surface area contributed by atoms with Gasteiger partial charge in [0.05, 0.1) is 19.3 Å². The summed E-state index contributed by atoms with van der Waals surface area (Å²) in [5, 5.41) is 3.64. The van der Waals surface area contributed by atoms with Crippen molar-refractivity contribution in [3.05, 3.63) is 12.2 Å². The average Bonchev–Trinajstić information content (AvgIpc) is 2.23. The van der Waals surface area contributed by atoms with E-state index in [0.29, 0.717) is 24.2 Å². The predicted molar refractivity (Wildman–Crippen MR) is 73.7 cm³/mol. The summed E-state index contributed by atoms with van der Waals surface area (Å²) in [5.41, 5.74) is 1.55. The molecule has 2 rings (SSSR count). The summed E-state index contributed by atoms with van der Waals surface area (Å²) in [6.07, 6.45) is 5.72. The number of hydrogen-bond donors (Lipinski definition) is 1. The van der Waals surface area contributed by atoms with Gasteiger partial charge >= 0.3 is 0 Å². The first-order chi connectivity index (χ1) is 8.69. The van der Waals surface area contributed by atoms with E-state index in [9.17, 15) is 0 Å². The van der Waals surface area contributed by atoms with Crippen molar-refractivity contribution in [1.29, 1.82) is 0 Å². The topological polar surface area (TPSA) is 30.5 Å². The zero-order chi connectivity index (χ0) is 13.0. The standard InChI is InChI=1S/C15H27NO2/c1-4-18-14-10-13(15(14)6-5-7-15)16-8-9-17-11-12(2)3/h13-14,16H,2,4-11H2,1,3H3. The van der Waals surface area contributed by atoms with Crippen molar-refractivity contribution in [2.45, 2.75) is 51.7 Å². The van der Waals surface area contributed by atoms with Gasteiger partial charge in [-0.05, 0) is 33.1 Å². The van der Waals surface area contributed by atoms with Gasteiger partial charge < -0.3 is 14.8 Å². The Morgan fingerprint density at radius 2 is 2.22 bits per heavy atom. The molecule has 0 aromatic rings. The summed E-state index contributed by atoms with van der Waals surface area (Å²) in [4.78, 5) is 0. The molecule has 1 spiro atoms. The first-order valence-electron chi connectivity index (χ1n) is 7.26. The Kier molecular flexibility index (Phi) is 4.82. The fourth-order valence-corrected chi connectivity index (χ4v) is 3.28. The van der Waals surface area contributed by atoms with Crippen LogP contribution in [0.4, 0.5) is 0 Å². The van der Waals surface area contributed by atoms with Crippen LogP contribution >= 0.6 is 0 Å². The minimum Gasteiger partial charge on any atom is -0.378 e. The van der Waals surface area contributed by atoms with Gasteiger partial charge in [-0.1, -0.05) is 18.6 Å². The summed E-state index contributed by atoms with van der Waals surface area (Å²) in [6, 6.07) is 0.649. The normalized spacial score (nSPS) is 28.8. The van der Waals surface area contributed by atoms with E-state index in [1.165, 1.54) is 25.7 Å². The van der Waals surface area contributed by atoms with E-state index in [1.54, 1.807) is 0 Å². The highest BCUT2D eigenvalue weighted by Crippen LogP contribution is 2.57. The van der Waals surface area contributed by atoms with Crippen molar-refractivity contribution in [3.63, 3.8) is 0 Å². The third kappa shape index (κ3) is 2.79. The van der Waals surface area contributed by atoms with Crippen LogP contribution in [0.15, 0.2) is 12.2 Å². The highest BCUT2D eigenvalue weighted by atomic mass is 16.5. The first kappa shape index (κ1) is 14.0. The van der Waals surface area contributed by atoms with Crippen LogP contribution in [0, 0.1) is 5.41 Å². The Morgan fingerprint density at radius 3 is 2.78 bits per heavy atom. The second-order valence-electron chi connectivity index (χ2n) is 5.78. The molecular weight excluding hydrogens is 226 g/mol. The van der Waals surface area contributed by atoms with E-state index in [-0.39, 0.29) is 0 Å².